The van der Waals surface area contributed by atoms with Gasteiger partial charge in [0.1, 0.15) is 0 Å². The largest absolute Gasteiger partial charge is 0.433 e. The van der Waals surface area contributed by atoms with Crippen molar-refractivity contribution in [2.75, 3.05) is 0 Å². The second-order valence-electron chi connectivity index (χ2n) is 3.20. The minimum atomic E-state index is -4.66. The van der Waals surface area contributed by atoms with Crippen LogP contribution in [0, 0.1) is 0 Å². The number of hydrogen-bond acceptors (Lipinski definition) is 5. The van der Waals surface area contributed by atoms with Crippen LogP contribution in [0.2, 0.25) is 5.35 Å². The molecule has 0 spiro atoms. The highest BCUT2D eigenvalue weighted by Gasteiger charge is 2.33. The molecule has 10 heteroatoms. The molecule has 0 fully saturated rings. The zero-order valence-corrected chi connectivity index (χ0v) is 9.23. The maximum absolute atomic E-state index is 12.3. The summed E-state index contributed by atoms with van der Waals surface area (Å²) in [5.74, 6) is 0.0589. The summed E-state index contributed by atoms with van der Waals surface area (Å²) in [5.41, 5.74) is -2.13. The topological polar surface area (TPSA) is 73.8 Å². The summed E-state index contributed by atoms with van der Waals surface area (Å²) in [7, 11) is 0. The Morgan fingerprint density at radius 2 is 2.17 bits per heavy atom. The van der Waals surface area contributed by atoms with E-state index >= 15 is 0 Å². The minimum absolute atomic E-state index is 0.0589. The van der Waals surface area contributed by atoms with E-state index < -0.39 is 17.4 Å². The third kappa shape index (κ3) is 2.67. The molecule has 0 unspecified atom stereocenters. The molecule has 2 aromatic rings. The van der Waals surface area contributed by atoms with Crippen molar-refractivity contribution in [3.8, 4) is 0 Å². The fourth-order valence-corrected chi connectivity index (χ4v) is 1.28. The highest BCUT2D eigenvalue weighted by atomic mass is 35.5. The smallest absolute Gasteiger partial charge is 0.321 e. The number of rotatable bonds is 2. The lowest BCUT2D eigenvalue weighted by atomic mass is 10.4. The van der Waals surface area contributed by atoms with Crippen LogP contribution in [0.25, 0.3) is 0 Å². The molecule has 0 aliphatic rings. The Hall–Kier alpha value is -1.90. The third-order valence-corrected chi connectivity index (χ3v) is 2.08. The minimum Gasteiger partial charge on any atom is -0.321 e. The van der Waals surface area contributed by atoms with Crippen molar-refractivity contribution in [1.29, 1.82) is 0 Å². The Morgan fingerprint density at radius 3 is 2.67 bits per heavy atom. The quantitative estimate of drug-likeness (QED) is 0.830. The zero-order valence-electron chi connectivity index (χ0n) is 8.48. The van der Waals surface area contributed by atoms with Crippen molar-refractivity contribution < 1.29 is 17.7 Å². The predicted octanol–water partition coefficient (Wildman–Crippen LogP) is 1.35. The van der Waals surface area contributed by atoms with E-state index in [1.165, 1.54) is 0 Å². The van der Waals surface area contributed by atoms with Gasteiger partial charge in [0.15, 0.2) is 11.5 Å². The van der Waals surface area contributed by atoms with E-state index in [0.29, 0.717) is 6.07 Å². The number of hydrogen-bond donors (Lipinski definition) is 0. The van der Waals surface area contributed by atoms with Crippen LogP contribution in [0.5, 0.6) is 0 Å². The summed E-state index contributed by atoms with van der Waals surface area (Å²) in [5, 5.41) is 3.17. The first-order chi connectivity index (χ1) is 8.36. The fourth-order valence-electron chi connectivity index (χ4n) is 1.15. The summed E-state index contributed by atoms with van der Waals surface area (Å²) in [4.78, 5) is 18.1. The highest BCUT2D eigenvalue weighted by Crippen LogP contribution is 2.25. The van der Waals surface area contributed by atoms with Gasteiger partial charge in [-0.15, -0.1) is 0 Å². The molecule has 2 rings (SSSR count). The maximum Gasteiger partial charge on any atom is 0.433 e. The van der Waals surface area contributed by atoms with Crippen molar-refractivity contribution in [2.24, 2.45) is 0 Å². The molecule has 0 aromatic carbocycles. The molecular formula is C8H4ClF3N4O2. The van der Waals surface area contributed by atoms with Crippen molar-refractivity contribution in [1.82, 2.24) is 19.7 Å². The van der Waals surface area contributed by atoms with E-state index in [2.05, 4.69) is 19.6 Å². The average molecular weight is 281 g/mol. The molecule has 0 aliphatic carbocycles. The molecule has 0 saturated carbocycles. The van der Waals surface area contributed by atoms with Gasteiger partial charge in [-0.1, -0.05) is 5.16 Å². The number of nitrogens with zero attached hydrogens (tertiary/aromatic N) is 4. The Labute approximate surface area is 102 Å². The molecule has 96 valence electrons. The molecule has 0 bridgehead atoms. The second-order valence-corrected chi connectivity index (χ2v) is 3.52. The van der Waals surface area contributed by atoms with Crippen LogP contribution in [0.4, 0.5) is 13.2 Å². The third-order valence-electron chi connectivity index (χ3n) is 1.92. The summed E-state index contributed by atoms with van der Waals surface area (Å²) in [6.45, 7) is -0.180. The summed E-state index contributed by atoms with van der Waals surface area (Å²) in [6.07, 6.45) is -3.90. The van der Waals surface area contributed by atoms with Gasteiger partial charge in [0.25, 0.3) is 5.56 Å². The lowest BCUT2D eigenvalue weighted by Crippen LogP contribution is -2.24. The van der Waals surface area contributed by atoms with Gasteiger partial charge < -0.3 is 4.52 Å². The molecule has 6 nitrogen and oxygen atoms in total. The highest BCUT2D eigenvalue weighted by molar-refractivity contribution is 6.27. The normalized spacial score (nSPS) is 11.8. The van der Waals surface area contributed by atoms with E-state index in [9.17, 15) is 18.0 Å². The first kappa shape index (κ1) is 12.6. The van der Waals surface area contributed by atoms with Gasteiger partial charge in [0.05, 0.1) is 12.9 Å². The summed E-state index contributed by atoms with van der Waals surface area (Å²) in [6, 6.07) is 0.391. The Morgan fingerprint density at radius 1 is 1.44 bits per heavy atom. The van der Waals surface area contributed by atoms with Crippen LogP contribution in [-0.4, -0.2) is 19.7 Å². The van der Waals surface area contributed by atoms with Crippen LogP contribution in [0.3, 0.4) is 0 Å². The Kier molecular flexibility index (Phi) is 3.07. The predicted molar refractivity (Wildman–Crippen MR) is 51.9 cm³/mol. The van der Waals surface area contributed by atoms with Crippen LogP contribution in [-0.2, 0) is 12.7 Å². The van der Waals surface area contributed by atoms with Crippen LogP contribution >= 0.6 is 11.6 Å². The molecule has 0 saturated heterocycles. The molecule has 0 radical (unpaired) electrons. The van der Waals surface area contributed by atoms with Crippen LogP contribution in [0.15, 0.2) is 21.7 Å². The lowest BCUT2D eigenvalue weighted by molar-refractivity contribution is -0.141. The van der Waals surface area contributed by atoms with Gasteiger partial charge >= 0.3 is 11.5 Å². The second kappa shape index (κ2) is 4.41. The molecule has 18 heavy (non-hydrogen) atoms. The van der Waals surface area contributed by atoms with Crippen molar-refractivity contribution in [2.45, 2.75) is 12.7 Å². The van der Waals surface area contributed by atoms with Gasteiger partial charge in [0, 0.05) is 6.07 Å². The van der Waals surface area contributed by atoms with Crippen LogP contribution < -0.4 is 5.56 Å². The van der Waals surface area contributed by atoms with E-state index in [-0.39, 0.29) is 17.7 Å². The zero-order chi connectivity index (χ0) is 13.3. The SMILES string of the molecule is O=c1cc(C(F)(F)F)ncn1Cc1noc(Cl)n1. The monoisotopic (exact) mass is 280 g/mol. The fraction of sp³-hybridized carbons (Fsp3) is 0.250. The summed E-state index contributed by atoms with van der Waals surface area (Å²) >= 11 is 5.36. The lowest BCUT2D eigenvalue weighted by Gasteiger charge is -2.06. The molecule has 0 aliphatic heterocycles. The first-order valence-electron chi connectivity index (χ1n) is 4.48. The first-order valence-corrected chi connectivity index (χ1v) is 4.86. The Bertz CT molecular complexity index is 621. The Balaban J connectivity index is 2.28. The van der Waals surface area contributed by atoms with E-state index in [4.69, 9.17) is 11.6 Å². The van der Waals surface area contributed by atoms with Gasteiger partial charge in [-0.3, -0.25) is 9.36 Å². The van der Waals surface area contributed by atoms with Gasteiger partial charge in [0.2, 0.25) is 0 Å². The molecule has 2 heterocycles. The average Bonchev–Trinajstić information content (AvgIpc) is 2.65. The molecule has 0 amide bonds. The number of alkyl halides is 3. The maximum atomic E-state index is 12.3. The van der Waals surface area contributed by atoms with Gasteiger partial charge in [-0.05, 0) is 11.6 Å². The van der Waals surface area contributed by atoms with Crippen molar-refractivity contribution >= 4 is 11.6 Å². The van der Waals surface area contributed by atoms with Gasteiger partial charge in [-0.25, -0.2) is 4.98 Å². The van der Waals surface area contributed by atoms with E-state index in [1.54, 1.807) is 0 Å². The molecule has 0 N–H and O–H groups in total. The standard InChI is InChI=1S/C8H4ClF3N4O2/c9-7-14-5(15-18-7)2-16-3-13-4(1-6(16)17)8(10,11)12/h1,3H,2H2. The van der Waals surface area contributed by atoms with Gasteiger partial charge in [-0.2, -0.15) is 18.2 Å². The number of aromatic nitrogens is 4. The molecular weight excluding hydrogens is 277 g/mol. The summed E-state index contributed by atoms with van der Waals surface area (Å²) < 4.78 is 42.1. The van der Waals surface area contributed by atoms with Crippen molar-refractivity contribution in [3.63, 3.8) is 0 Å². The van der Waals surface area contributed by atoms with Crippen molar-refractivity contribution in [3.05, 3.63) is 39.6 Å². The van der Waals surface area contributed by atoms with E-state index in [0.717, 1.165) is 10.9 Å². The molecule has 0 atom stereocenters. The molecule has 2 aromatic heterocycles. The van der Waals surface area contributed by atoms with Crippen LogP contribution in [0.1, 0.15) is 11.5 Å². The van der Waals surface area contributed by atoms with E-state index in [1.807, 2.05) is 0 Å². The number of halogens is 4.